The van der Waals surface area contributed by atoms with E-state index < -0.39 is 0 Å². The topological polar surface area (TPSA) is 4.36 Å². The SMILES string of the molecule is [C-]#[N+]c1cccc(Cl)c1C(C)(C)C. The van der Waals surface area contributed by atoms with Gasteiger partial charge in [-0.3, -0.25) is 0 Å². The Morgan fingerprint density at radius 1 is 1.31 bits per heavy atom. The quantitative estimate of drug-likeness (QED) is 0.545. The summed E-state index contributed by atoms with van der Waals surface area (Å²) in [6, 6.07) is 5.45. The first-order valence-electron chi connectivity index (χ1n) is 4.13. The van der Waals surface area contributed by atoms with Gasteiger partial charge in [0.25, 0.3) is 0 Å². The lowest BCUT2D eigenvalue weighted by atomic mass is 9.86. The average molecular weight is 194 g/mol. The summed E-state index contributed by atoms with van der Waals surface area (Å²) in [6.45, 7) is 13.2. The Morgan fingerprint density at radius 2 is 1.92 bits per heavy atom. The summed E-state index contributed by atoms with van der Waals surface area (Å²) >= 11 is 6.05. The smallest absolute Gasteiger partial charge is 0.192 e. The van der Waals surface area contributed by atoms with Gasteiger partial charge in [-0.1, -0.05) is 44.5 Å². The standard InChI is InChI=1S/C11H12ClN/c1-11(2,3)10-8(12)6-5-7-9(10)13-4/h5-7H,1-3H3. The summed E-state index contributed by atoms with van der Waals surface area (Å²) in [4.78, 5) is 3.46. The van der Waals surface area contributed by atoms with Crippen LogP contribution in [0.25, 0.3) is 4.85 Å². The third kappa shape index (κ3) is 2.02. The van der Waals surface area contributed by atoms with Crippen LogP contribution in [0.3, 0.4) is 0 Å². The van der Waals surface area contributed by atoms with Crippen molar-refractivity contribution in [2.45, 2.75) is 26.2 Å². The van der Waals surface area contributed by atoms with Crippen molar-refractivity contribution >= 4 is 17.3 Å². The first-order valence-corrected chi connectivity index (χ1v) is 4.51. The molecule has 1 nitrogen and oxygen atoms in total. The molecule has 0 radical (unpaired) electrons. The van der Waals surface area contributed by atoms with Gasteiger partial charge in [-0.15, -0.1) is 0 Å². The molecule has 0 bridgehead atoms. The van der Waals surface area contributed by atoms with Crippen LogP contribution in [0, 0.1) is 6.57 Å². The van der Waals surface area contributed by atoms with Crippen LogP contribution in [0.5, 0.6) is 0 Å². The molecule has 0 aliphatic carbocycles. The zero-order valence-electron chi connectivity index (χ0n) is 8.06. The van der Waals surface area contributed by atoms with Crippen molar-refractivity contribution in [2.75, 3.05) is 0 Å². The van der Waals surface area contributed by atoms with Crippen LogP contribution < -0.4 is 0 Å². The molecule has 0 saturated carbocycles. The molecule has 2 heteroatoms. The van der Waals surface area contributed by atoms with Crippen LogP contribution >= 0.6 is 11.6 Å². The highest BCUT2D eigenvalue weighted by atomic mass is 35.5. The van der Waals surface area contributed by atoms with E-state index in [2.05, 4.69) is 25.6 Å². The van der Waals surface area contributed by atoms with Gasteiger partial charge < -0.3 is 0 Å². The number of hydrogen-bond acceptors (Lipinski definition) is 0. The van der Waals surface area contributed by atoms with Crippen LogP contribution in [0.2, 0.25) is 5.02 Å². The Bertz CT molecular complexity index is 355. The maximum Gasteiger partial charge on any atom is 0.192 e. The normalized spacial score (nSPS) is 11.0. The Labute approximate surface area is 84.2 Å². The van der Waals surface area contributed by atoms with Gasteiger partial charge in [0.05, 0.1) is 6.57 Å². The fourth-order valence-electron chi connectivity index (χ4n) is 1.35. The fourth-order valence-corrected chi connectivity index (χ4v) is 1.80. The molecule has 0 aromatic heterocycles. The summed E-state index contributed by atoms with van der Waals surface area (Å²) in [6.07, 6.45) is 0. The van der Waals surface area contributed by atoms with Crippen LogP contribution in [0.4, 0.5) is 5.69 Å². The largest absolute Gasteiger partial charge is 0.238 e. The van der Waals surface area contributed by atoms with Crippen molar-refractivity contribution < 1.29 is 0 Å². The van der Waals surface area contributed by atoms with Gasteiger partial charge in [0.2, 0.25) is 0 Å². The van der Waals surface area contributed by atoms with Gasteiger partial charge in [0.15, 0.2) is 5.69 Å². The molecule has 0 unspecified atom stereocenters. The van der Waals surface area contributed by atoms with Crippen molar-refractivity contribution in [3.05, 3.63) is 40.2 Å². The second kappa shape index (κ2) is 3.40. The van der Waals surface area contributed by atoms with E-state index in [0.717, 1.165) is 5.56 Å². The summed E-state index contributed by atoms with van der Waals surface area (Å²) in [5, 5.41) is 0.681. The van der Waals surface area contributed by atoms with Crippen LogP contribution in [0.15, 0.2) is 18.2 Å². The van der Waals surface area contributed by atoms with Crippen LogP contribution in [0.1, 0.15) is 26.3 Å². The molecule has 1 aromatic rings. The maximum absolute atomic E-state index is 7.03. The van der Waals surface area contributed by atoms with E-state index in [1.807, 2.05) is 12.1 Å². The van der Waals surface area contributed by atoms with E-state index in [9.17, 15) is 0 Å². The molecule has 0 amide bonds. The first kappa shape index (κ1) is 10.1. The molecule has 0 spiro atoms. The summed E-state index contributed by atoms with van der Waals surface area (Å²) in [7, 11) is 0. The van der Waals surface area contributed by atoms with Gasteiger partial charge >= 0.3 is 0 Å². The third-order valence-electron chi connectivity index (χ3n) is 1.86. The van der Waals surface area contributed by atoms with Gasteiger partial charge in [0.1, 0.15) is 0 Å². The minimum absolute atomic E-state index is 0.0712. The highest BCUT2D eigenvalue weighted by molar-refractivity contribution is 6.31. The van der Waals surface area contributed by atoms with E-state index in [0.29, 0.717) is 10.7 Å². The molecule has 0 atom stereocenters. The van der Waals surface area contributed by atoms with E-state index in [4.69, 9.17) is 18.2 Å². The first-order chi connectivity index (χ1) is 5.96. The lowest BCUT2D eigenvalue weighted by molar-refractivity contribution is 0.593. The zero-order chi connectivity index (χ0) is 10.1. The summed E-state index contributed by atoms with van der Waals surface area (Å²) < 4.78 is 0. The van der Waals surface area contributed by atoms with Gasteiger partial charge in [-0.2, -0.15) is 0 Å². The van der Waals surface area contributed by atoms with Crippen molar-refractivity contribution in [1.82, 2.24) is 0 Å². The molecule has 0 heterocycles. The summed E-state index contributed by atoms with van der Waals surface area (Å²) in [5.41, 5.74) is 1.52. The number of halogens is 1. The van der Waals surface area contributed by atoms with Crippen molar-refractivity contribution in [1.29, 1.82) is 0 Å². The van der Waals surface area contributed by atoms with Crippen molar-refractivity contribution in [3.63, 3.8) is 0 Å². The minimum Gasteiger partial charge on any atom is -0.238 e. The predicted octanol–water partition coefficient (Wildman–Crippen LogP) is 4.19. The van der Waals surface area contributed by atoms with Crippen LogP contribution in [-0.4, -0.2) is 0 Å². The van der Waals surface area contributed by atoms with E-state index in [1.165, 1.54) is 0 Å². The molecule has 0 fully saturated rings. The molecular weight excluding hydrogens is 182 g/mol. The Hall–Kier alpha value is -1.00. The minimum atomic E-state index is -0.0712. The molecule has 1 aromatic carbocycles. The summed E-state index contributed by atoms with van der Waals surface area (Å²) in [5.74, 6) is 0. The zero-order valence-corrected chi connectivity index (χ0v) is 8.81. The molecular formula is C11H12ClN. The monoisotopic (exact) mass is 193 g/mol. The highest BCUT2D eigenvalue weighted by Gasteiger charge is 2.20. The highest BCUT2D eigenvalue weighted by Crippen LogP contribution is 2.36. The number of benzene rings is 1. The number of rotatable bonds is 0. The molecule has 13 heavy (non-hydrogen) atoms. The fraction of sp³-hybridized carbons (Fsp3) is 0.364. The van der Waals surface area contributed by atoms with E-state index in [-0.39, 0.29) is 5.41 Å². The lowest BCUT2D eigenvalue weighted by Crippen LogP contribution is -2.11. The van der Waals surface area contributed by atoms with Gasteiger partial charge in [-0.25, -0.2) is 4.85 Å². The van der Waals surface area contributed by atoms with E-state index >= 15 is 0 Å². The Kier molecular flexibility index (Phi) is 2.63. The van der Waals surface area contributed by atoms with E-state index in [1.54, 1.807) is 6.07 Å². The molecule has 0 N–H and O–H groups in total. The number of hydrogen-bond donors (Lipinski definition) is 0. The molecule has 1 rings (SSSR count). The number of nitrogens with zero attached hydrogens (tertiary/aromatic N) is 1. The second-order valence-electron chi connectivity index (χ2n) is 4.00. The van der Waals surface area contributed by atoms with Gasteiger partial charge in [-0.05, 0) is 17.0 Å². The molecule has 0 aliphatic rings. The van der Waals surface area contributed by atoms with Gasteiger partial charge in [0, 0.05) is 5.02 Å². The predicted molar refractivity (Wildman–Crippen MR) is 56.4 cm³/mol. The molecule has 68 valence electrons. The van der Waals surface area contributed by atoms with Crippen molar-refractivity contribution in [3.8, 4) is 0 Å². The second-order valence-corrected chi connectivity index (χ2v) is 4.40. The molecule has 0 aliphatic heterocycles. The van der Waals surface area contributed by atoms with Crippen molar-refractivity contribution in [2.24, 2.45) is 0 Å². The average Bonchev–Trinajstić information content (AvgIpc) is 2.01. The Morgan fingerprint density at radius 3 is 2.31 bits per heavy atom. The maximum atomic E-state index is 7.03. The third-order valence-corrected chi connectivity index (χ3v) is 2.18. The Balaban J connectivity index is 3.43. The van der Waals surface area contributed by atoms with Crippen LogP contribution in [-0.2, 0) is 5.41 Å². The molecule has 0 saturated heterocycles. The lowest BCUT2D eigenvalue weighted by Gasteiger charge is -2.22.